The molecule has 4 heterocycles. The van der Waals surface area contributed by atoms with E-state index in [-0.39, 0.29) is 18.0 Å². The van der Waals surface area contributed by atoms with Crippen LogP contribution in [0.1, 0.15) is 22.5 Å². The average Bonchev–Trinajstić information content (AvgIpc) is 2.61. The van der Waals surface area contributed by atoms with Gasteiger partial charge in [-0.3, -0.25) is 4.79 Å². The Kier molecular flexibility index (Phi) is 3.82. The van der Waals surface area contributed by atoms with Crippen molar-refractivity contribution >= 4 is 17.4 Å². The Hall–Kier alpha value is -2.63. The maximum atomic E-state index is 12.9. The number of carbonyl (C=O) groups is 1. The Morgan fingerprint density at radius 3 is 2.40 bits per heavy atom. The Bertz CT molecular complexity index is 777. The lowest BCUT2D eigenvalue weighted by atomic mass is 9.86. The number of nitrogens with zero attached hydrogens (tertiary/aromatic N) is 5. The molecule has 6 nitrogen and oxygen atoms in total. The molecule has 130 valence electrons. The average molecular weight is 337 g/mol. The Morgan fingerprint density at radius 2 is 1.80 bits per heavy atom. The van der Waals surface area contributed by atoms with Gasteiger partial charge in [-0.1, -0.05) is 0 Å². The summed E-state index contributed by atoms with van der Waals surface area (Å²) >= 11 is 0. The number of rotatable bonds is 3. The topological polar surface area (TPSA) is 52.6 Å². The molecule has 3 aliphatic heterocycles. The van der Waals surface area contributed by atoms with Crippen LogP contribution >= 0.6 is 0 Å². The van der Waals surface area contributed by atoms with E-state index < -0.39 is 0 Å². The van der Waals surface area contributed by atoms with E-state index in [2.05, 4.69) is 19.8 Å². The van der Waals surface area contributed by atoms with Crippen molar-refractivity contribution in [3.63, 3.8) is 0 Å². The summed E-state index contributed by atoms with van der Waals surface area (Å²) in [6.45, 7) is 3.66. The first kappa shape index (κ1) is 15.9. The quantitative estimate of drug-likeness (QED) is 0.857. The van der Waals surface area contributed by atoms with Crippen LogP contribution in [0, 0.1) is 6.92 Å². The standard InChI is InChI=1S/C19H23N5O/c1-13-8-18(21-12-20-13)23-10-16-9-17(11-23)24(16)19(25)14-4-6-15(7-5-14)22(2)3/h4-8,12,16-17H,9-11H2,1-3H3. The van der Waals surface area contributed by atoms with Crippen molar-refractivity contribution in [3.05, 3.63) is 47.9 Å². The van der Waals surface area contributed by atoms with Gasteiger partial charge in [0.2, 0.25) is 0 Å². The number of benzene rings is 1. The van der Waals surface area contributed by atoms with Gasteiger partial charge in [-0.25, -0.2) is 9.97 Å². The molecule has 2 atom stereocenters. The normalized spacial score (nSPS) is 21.7. The van der Waals surface area contributed by atoms with Crippen LogP contribution in [0.3, 0.4) is 0 Å². The molecule has 3 fully saturated rings. The summed E-state index contributed by atoms with van der Waals surface area (Å²) in [7, 11) is 4.00. The second-order valence-corrected chi connectivity index (χ2v) is 7.12. The molecule has 1 amide bonds. The molecule has 6 heteroatoms. The van der Waals surface area contributed by atoms with Crippen LogP contribution < -0.4 is 9.80 Å². The first-order valence-corrected chi connectivity index (χ1v) is 8.66. The molecule has 0 aliphatic carbocycles. The molecule has 25 heavy (non-hydrogen) atoms. The van der Waals surface area contributed by atoms with E-state index in [1.54, 1.807) is 6.33 Å². The summed E-state index contributed by atoms with van der Waals surface area (Å²) in [6, 6.07) is 10.4. The zero-order valence-corrected chi connectivity index (χ0v) is 14.9. The summed E-state index contributed by atoms with van der Waals surface area (Å²) in [5.41, 5.74) is 2.84. The largest absolute Gasteiger partial charge is 0.378 e. The van der Waals surface area contributed by atoms with Gasteiger partial charge in [0.25, 0.3) is 5.91 Å². The van der Waals surface area contributed by atoms with E-state index in [0.29, 0.717) is 0 Å². The maximum Gasteiger partial charge on any atom is 0.254 e. The summed E-state index contributed by atoms with van der Waals surface area (Å²) in [4.78, 5) is 27.8. The molecule has 1 aromatic heterocycles. The number of amides is 1. The molecule has 0 radical (unpaired) electrons. The lowest BCUT2D eigenvalue weighted by Crippen LogP contribution is -2.70. The number of hydrogen-bond acceptors (Lipinski definition) is 5. The van der Waals surface area contributed by atoms with Gasteiger partial charge in [0.15, 0.2) is 0 Å². The van der Waals surface area contributed by atoms with Gasteiger partial charge >= 0.3 is 0 Å². The first-order chi connectivity index (χ1) is 12.0. The number of hydrogen-bond donors (Lipinski definition) is 0. The zero-order chi connectivity index (χ0) is 17.6. The van der Waals surface area contributed by atoms with Crippen molar-refractivity contribution in [2.24, 2.45) is 0 Å². The minimum absolute atomic E-state index is 0.144. The van der Waals surface area contributed by atoms with Gasteiger partial charge < -0.3 is 14.7 Å². The van der Waals surface area contributed by atoms with Crippen LogP contribution in [-0.2, 0) is 0 Å². The minimum Gasteiger partial charge on any atom is -0.378 e. The predicted octanol–water partition coefficient (Wildman–Crippen LogP) is 1.95. The van der Waals surface area contributed by atoms with Crippen molar-refractivity contribution in [1.82, 2.24) is 14.9 Å². The van der Waals surface area contributed by atoms with Crippen LogP contribution in [0.2, 0.25) is 0 Å². The van der Waals surface area contributed by atoms with Crippen molar-refractivity contribution in [3.8, 4) is 0 Å². The third kappa shape index (κ3) is 2.81. The zero-order valence-electron chi connectivity index (χ0n) is 14.9. The summed E-state index contributed by atoms with van der Waals surface area (Å²) < 4.78 is 0. The van der Waals surface area contributed by atoms with E-state index >= 15 is 0 Å². The van der Waals surface area contributed by atoms with Gasteiger partial charge in [0.05, 0.1) is 12.1 Å². The number of aromatic nitrogens is 2. The molecule has 0 N–H and O–H groups in total. The molecule has 3 saturated heterocycles. The van der Waals surface area contributed by atoms with E-state index in [4.69, 9.17) is 0 Å². The fourth-order valence-electron chi connectivity index (χ4n) is 3.79. The molecular weight excluding hydrogens is 314 g/mol. The number of piperazine rings is 1. The molecule has 0 spiro atoms. The summed E-state index contributed by atoms with van der Waals surface area (Å²) in [5, 5.41) is 0. The second-order valence-electron chi connectivity index (χ2n) is 7.12. The molecule has 1 aromatic carbocycles. The minimum atomic E-state index is 0.144. The summed E-state index contributed by atoms with van der Waals surface area (Å²) in [5.74, 6) is 1.11. The number of fused-ring (bicyclic) bond motifs is 2. The monoisotopic (exact) mass is 337 g/mol. The van der Waals surface area contributed by atoms with Crippen LogP contribution in [0.25, 0.3) is 0 Å². The SMILES string of the molecule is Cc1cc(N2CC3CC(C2)N3C(=O)c2ccc(N(C)C)cc2)ncn1. The van der Waals surface area contributed by atoms with Crippen molar-refractivity contribution in [2.45, 2.75) is 25.4 Å². The highest BCUT2D eigenvalue weighted by Gasteiger charge is 2.47. The van der Waals surface area contributed by atoms with Gasteiger partial charge in [0, 0.05) is 50.2 Å². The van der Waals surface area contributed by atoms with Crippen LogP contribution in [0.4, 0.5) is 11.5 Å². The van der Waals surface area contributed by atoms with Gasteiger partial charge in [-0.2, -0.15) is 0 Å². The lowest BCUT2D eigenvalue weighted by Gasteiger charge is -2.56. The number of anilines is 2. The number of piperidine rings is 1. The van der Waals surface area contributed by atoms with Crippen LogP contribution in [-0.4, -0.2) is 60.0 Å². The molecule has 2 aromatic rings. The lowest BCUT2D eigenvalue weighted by molar-refractivity contribution is 0.00576. The van der Waals surface area contributed by atoms with Gasteiger partial charge in [-0.15, -0.1) is 0 Å². The first-order valence-electron chi connectivity index (χ1n) is 8.66. The van der Waals surface area contributed by atoms with Crippen LogP contribution in [0.5, 0.6) is 0 Å². The maximum absolute atomic E-state index is 12.9. The molecule has 3 aliphatic rings. The Labute approximate surface area is 148 Å². The number of carbonyl (C=O) groups excluding carboxylic acids is 1. The van der Waals surface area contributed by atoms with E-state index in [1.807, 2.05) is 56.3 Å². The molecule has 5 rings (SSSR count). The van der Waals surface area contributed by atoms with Crippen molar-refractivity contribution < 1.29 is 4.79 Å². The molecule has 2 bridgehead atoms. The molecule has 0 saturated carbocycles. The van der Waals surface area contributed by atoms with E-state index in [9.17, 15) is 4.79 Å². The van der Waals surface area contributed by atoms with E-state index in [0.717, 1.165) is 42.3 Å². The van der Waals surface area contributed by atoms with Crippen molar-refractivity contribution in [2.75, 3.05) is 37.0 Å². The fourth-order valence-corrected chi connectivity index (χ4v) is 3.79. The fraction of sp³-hybridized carbons (Fsp3) is 0.421. The van der Waals surface area contributed by atoms with E-state index in [1.165, 1.54) is 0 Å². The highest BCUT2D eigenvalue weighted by atomic mass is 16.2. The molecular formula is C19H23N5O. The molecule has 2 unspecified atom stereocenters. The highest BCUT2D eigenvalue weighted by Crippen LogP contribution is 2.35. The third-order valence-corrected chi connectivity index (χ3v) is 5.17. The summed E-state index contributed by atoms with van der Waals surface area (Å²) in [6.07, 6.45) is 2.70. The van der Waals surface area contributed by atoms with Gasteiger partial charge in [-0.05, 0) is 37.6 Å². The predicted molar refractivity (Wildman–Crippen MR) is 98.1 cm³/mol. The number of aryl methyl sites for hydroxylation is 1. The Balaban J connectivity index is 1.46. The van der Waals surface area contributed by atoms with Crippen LogP contribution in [0.15, 0.2) is 36.7 Å². The third-order valence-electron chi connectivity index (χ3n) is 5.17. The Morgan fingerprint density at radius 1 is 1.12 bits per heavy atom. The highest BCUT2D eigenvalue weighted by molar-refractivity contribution is 5.95. The second kappa shape index (κ2) is 6.02. The smallest absolute Gasteiger partial charge is 0.254 e. The van der Waals surface area contributed by atoms with Crippen molar-refractivity contribution in [1.29, 1.82) is 0 Å². The van der Waals surface area contributed by atoms with Gasteiger partial charge in [0.1, 0.15) is 12.1 Å².